The molecule has 1 aromatic carbocycles. The Morgan fingerprint density at radius 1 is 1.38 bits per heavy atom. The van der Waals surface area contributed by atoms with Crippen molar-refractivity contribution in [2.45, 2.75) is 25.4 Å². The fourth-order valence-electron chi connectivity index (χ4n) is 3.02. The lowest BCUT2D eigenvalue weighted by Gasteiger charge is -2.33. The van der Waals surface area contributed by atoms with Crippen LogP contribution in [0.4, 0.5) is 8.78 Å². The van der Waals surface area contributed by atoms with E-state index in [0.717, 1.165) is 31.0 Å². The first-order valence-electron chi connectivity index (χ1n) is 7.97. The van der Waals surface area contributed by atoms with Crippen LogP contribution in [0.5, 0.6) is 0 Å². The van der Waals surface area contributed by atoms with Gasteiger partial charge in [-0.3, -0.25) is 14.4 Å². The van der Waals surface area contributed by atoms with Gasteiger partial charge in [-0.25, -0.2) is 8.78 Å². The summed E-state index contributed by atoms with van der Waals surface area (Å²) in [5.74, 6) is -1.80. The molecule has 1 atom stereocenters. The summed E-state index contributed by atoms with van der Waals surface area (Å²) < 4.78 is 27.9. The number of aromatic nitrogens is 2. The minimum absolute atomic E-state index is 0.0387. The molecule has 1 N–H and O–H groups in total. The smallest absolute Gasteiger partial charge is 0.254 e. The molecule has 0 saturated carbocycles. The molecule has 1 aromatic heterocycles. The number of nitrogens with zero attached hydrogens (tertiary/aromatic N) is 3. The number of likely N-dealkylation sites (tertiary alicyclic amines) is 1. The number of hydrogen-bond acceptors (Lipinski definition) is 3. The first-order valence-corrected chi connectivity index (χ1v) is 7.97. The Labute approximate surface area is 139 Å². The Morgan fingerprint density at radius 2 is 2.21 bits per heavy atom. The van der Waals surface area contributed by atoms with Gasteiger partial charge in [0.2, 0.25) is 0 Å². The van der Waals surface area contributed by atoms with Gasteiger partial charge >= 0.3 is 0 Å². The Kier molecular flexibility index (Phi) is 4.89. The van der Waals surface area contributed by atoms with Crippen molar-refractivity contribution < 1.29 is 13.6 Å². The Morgan fingerprint density at radius 3 is 2.92 bits per heavy atom. The minimum Gasteiger partial charge on any atom is -0.348 e. The quantitative estimate of drug-likeness (QED) is 0.931. The van der Waals surface area contributed by atoms with Crippen LogP contribution >= 0.6 is 0 Å². The van der Waals surface area contributed by atoms with Crippen molar-refractivity contribution in [2.75, 3.05) is 13.1 Å². The predicted octanol–water partition coefficient (Wildman–Crippen LogP) is 2.09. The molecule has 0 aliphatic carbocycles. The molecular weight excluding hydrogens is 314 g/mol. The average Bonchev–Trinajstić information content (AvgIpc) is 2.98. The first-order chi connectivity index (χ1) is 11.5. The number of carbonyl (C=O) groups is 1. The number of carbonyl (C=O) groups excluding carboxylic acids is 1. The van der Waals surface area contributed by atoms with E-state index in [9.17, 15) is 13.6 Å². The molecule has 7 heteroatoms. The van der Waals surface area contributed by atoms with Gasteiger partial charge in [0.1, 0.15) is 0 Å². The molecule has 5 nitrogen and oxygen atoms in total. The molecule has 2 aromatic rings. The van der Waals surface area contributed by atoms with Crippen LogP contribution in [0, 0.1) is 11.6 Å². The van der Waals surface area contributed by atoms with E-state index in [4.69, 9.17) is 0 Å². The molecule has 1 aliphatic rings. The number of aryl methyl sites for hydroxylation is 1. The molecule has 24 heavy (non-hydrogen) atoms. The molecule has 3 rings (SSSR count). The third kappa shape index (κ3) is 3.97. The van der Waals surface area contributed by atoms with E-state index in [1.165, 1.54) is 12.3 Å². The lowest BCUT2D eigenvalue weighted by atomic mass is 10.0. The van der Waals surface area contributed by atoms with Gasteiger partial charge in [0.15, 0.2) is 11.6 Å². The van der Waals surface area contributed by atoms with Crippen LogP contribution in [0.1, 0.15) is 28.8 Å². The van der Waals surface area contributed by atoms with Crippen LogP contribution in [-0.4, -0.2) is 39.7 Å². The zero-order chi connectivity index (χ0) is 17.1. The average molecular weight is 334 g/mol. The van der Waals surface area contributed by atoms with E-state index in [0.29, 0.717) is 18.7 Å². The fraction of sp³-hybridized carbons (Fsp3) is 0.412. The van der Waals surface area contributed by atoms with E-state index >= 15 is 0 Å². The van der Waals surface area contributed by atoms with Crippen LogP contribution in [0.3, 0.4) is 0 Å². The second-order valence-corrected chi connectivity index (χ2v) is 6.20. The highest BCUT2D eigenvalue weighted by molar-refractivity contribution is 5.93. The molecule has 1 unspecified atom stereocenters. The molecule has 0 bridgehead atoms. The summed E-state index contributed by atoms with van der Waals surface area (Å²) in [5, 5.41) is 7.01. The third-order valence-electron chi connectivity index (χ3n) is 4.20. The summed E-state index contributed by atoms with van der Waals surface area (Å²) in [5.41, 5.74) is 1.27. The number of amides is 1. The largest absolute Gasteiger partial charge is 0.348 e. The van der Waals surface area contributed by atoms with Crippen molar-refractivity contribution in [3.05, 3.63) is 53.4 Å². The van der Waals surface area contributed by atoms with E-state index in [1.54, 1.807) is 24.0 Å². The molecule has 1 saturated heterocycles. The van der Waals surface area contributed by atoms with E-state index in [-0.39, 0.29) is 11.9 Å². The van der Waals surface area contributed by atoms with E-state index < -0.39 is 11.6 Å². The predicted molar refractivity (Wildman–Crippen MR) is 85.3 cm³/mol. The van der Waals surface area contributed by atoms with Gasteiger partial charge in [-0.15, -0.1) is 0 Å². The summed E-state index contributed by atoms with van der Waals surface area (Å²) >= 11 is 0. The number of benzene rings is 1. The second kappa shape index (κ2) is 7.09. The van der Waals surface area contributed by atoms with Gasteiger partial charge in [-0.2, -0.15) is 5.10 Å². The van der Waals surface area contributed by atoms with Crippen molar-refractivity contribution in [1.82, 2.24) is 20.0 Å². The van der Waals surface area contributed by atoms with E-state index in [2.05, 4.69) is 15.3 Å². The van der Waals surface area contributed by atoms with Crippen LogP contribution < -0.4 is 5.32 Å². The number of piperidine rings is 1. The molecule has 1 aliphatic heterocycles. The molecule has 0 spiro atoms. The normalized spacial score (nSPS) is 18.5. The van der Waals surface area contributed by atoms with Gasteiger partial charge < -0.3 is 5.32 Å². The summed E-state index contributed by atoms with van der Waals surface area (Å²) in [4.78, 5) is 14.3. The first kappa shape index (κ1) is 16.6. The molecule has 2 heterocycles. The zero-order valence-electron chi connectivity index (χ0n) is 13.5. The lowest BCUT2D eigenvalue weighted by Crippen LogP contribution is -2.47. The standard InChI is InChI=1S/C17H20F2N4O/c1-22-10-13(8-20-22)17(24)21-14-3-2-6-23(11-14)9-12-4-5-15(18)16(19)7-12/h4-5,7-8,10,14H,2-3,6,9,11H2,1H3,(H,21,24). The molecule has 0 radical (unpaired) electrons. The summed E-state index contributed by atoms with van der Waals surface area (Å²) in [7, 11) is 1.76. The lowest BCUT2D eigenvalue weighted by molar-refractivity contribution is 0.0900. The number of nitrogens with one attached hydrogen (secondary N) is 1. The zero-order valence-corrected chi connectivity index (χ0v) is 13.5. The maximum Gasteiger partial charge on any atom is 0.254 e. The van der Waals surface area contributed by atoms with Crippen LogP contribution in [0.25, 0.3) is 0 Å². The number of halogens is 2. The second-order valence-electron chi connectivity index (χ2n) is 6.20. The maximum atomic E-state index is 13.3. The highest BCUT2D eigenvalue weighted by atomic mass is 19.2. The van der Waals surface area contributed by atoms with Crippen molar-refractivity contribution in [2.24, 2.45) is 7.05 Å². The topological polar surface area (TPSA) is 50.2 Å². The van der Waals surface area contributed by atoms with Gasteiger partial charge in [-0.05, 0) is 37.1 Å². The van der Waals surface area contributed by atoms with Crippen LogP contribution in [0.2, 0.25) is 0 Å². The Bertz CT molecular complexity index is 731. The molecule has 1 fully saturated rings. The Hall–Kier alpha value is -2.28. The minimum atomic E-state index is -0.834. The highest BCUT2D eigenvalue weighted by Gasteiger charge is 2.22. The molecule has 1 amide bonds. The van der Waals surface area contributed by atoms with Crippen molar-refractivity contribution in [3.8, 4) is 0 Å². The van der Waals surface area contributed by atoms with Crippen molar-refractivity contribution in [1.29, 1.82) is 0 Å². The highest BCUT2D eigenvalue weighted by Crippen LogP contribution is 2.16. The maximum absolute atomic E-state index is 13.3. The van der Waals surface area contributed by atoms with Gasteiger partial charge in [0.05, 0.1) is 11.8 Å². The molecular formula is C17H20F2N4O. The fourth-order valence-corrected chi connectivity index (χ4v) is 3.02. The Balaban J connectivity index is 1.57. The van der Waals surface area contributed by atoms with Crippen molar-refractivity contribution in [3.63, 3.8) is 0 Å². The third-order valence-corrected chi connectivity index (χ3v) is 4.20. The number of hydrogen-bond donors (Lipinski definition) is 1. The van der Waals surface area contributed by atoms with Crippen LogP contribution in [-0.2, 0) is 13.6 Å². The van der Waals surface area contributed by atoms with Gasteiger partial charge in [-0.1, -0.05) is 6.07 Å². The SMILES string of the molecule is Cn1cc(C(=O)NC2CCCN(Cc3ccc(F)c(F)c3)C2)cn1. The monoisotopic (exact) mass is 334 g/mol. The summed E-state index contributed by atoms with van der Waals surface area (Å²) in [6, 6.07) is 4.01. The van der Waals surface area contributed by atoms with Gasteiger partial charge in [0.25, 0.3) is 5.91 Å². The summed E-state index contributed by atoms with van der Waals surface area (Å²) in [6.45, 7) is 2.10. The van der Waals surface area contributed by atoms with Gasteiger partial charge in [0, 0.05) is 32.4 Å². The van der Waals surface area contributed by atoms with Crippen LogP contribution in [0.15, 0.2) is 30.6 Å². The number of rotatable bonds is 4. The summed E-state index contributed by atoms with van der Waals surface area (Å²) in [6.07, 6.45) is 5.07. The van der Waals surface area contributed by atoms with E-state index in [1.807, 2.05) is 0 Å². The molecule has 128 valence electrons. The van der Waals surface area contributed by atoms with Crippen molar-refractivity contribution >= 4 is 5.91 Å².